The zero-order valence-electron chi connectivity index (χ0n) is 15.7. The van der Waals surface area contributed by atoms with E-state index in [1.807, 2.05) is 25.1 Å². The number of H-pyrrole nitrogens is 2. The molecule has 3 rings (SSSR count). The molecule has 0 radical (unpaired) electrons. The second-order valence-corrected chi connectivity index (χ2v) is 6.39. The van der Waals surface area contributed by atoms with Crippen LogP contribution in [0.25, 0.3) is 11.8 Å². The van der Waals surface area contributed by atoms with Crippen molar-refractivity contribution in [2.75, 3.05) is 14.2 Å². The number of aryl methyl sites for hydroxylation is 1. The number of methoxy groups -OCH3 is 2. The van der Waals surface area contributed by atoms with Crippen molar-refractivity contribution in [1.82, 2.24) is 20.5 Å². The summed E-state index contributed by atoms with van der Waals surface area (Å²) in [5.74, 6) is 1.36. The van der Waals surface area contributed by atoms with Crippen LogP contribution in [0.15, 0.2) is 42.5 Å². The Morgan fingerprint density at radius 3 is 2.39 bits per heavy atom. The van der Waals surface area contributed by atoms with Gasteiger partial charge in [0, 0.05) is 5.56 Å². The SMILES string of the molecule is COc1ccc(C=C(NC(=O)c2ccc(C)cc2)c2nc(=S)[nH][nH]2)cc1OC. The summed E-state index contributed by atoms with van der Waals surface area (Å²) in [5.41, 5.74) is 2.87. The Kier molecular flexibility index (Phi) is 5.90. The largest absolute Gasteiger partial charge is 0.493 e. The van der Waals surface area contributed by atoms with Gasteiger partial charge in [0.25, 0.3) is 5.91 Å². The highest BCUT2D eigenvalue weighted by Gasteiger charge is 2.13. The van der Waals surface area contributed by atoms with E-state index in [2.05, 4.69) is 20.5 Å². The van der Waals surface area contributed by atoms with E-state index < -0.39 is 0 Å². The quantitative estimate of drug-likeness (QED) is 0.552. The van der Waals surface area contributed by atoms with Crippen LogP contribution in [0.1, 0.15) is 27.3 Å². The smallest absolute Gasteiger partial charge is 0.255 e. The third-order valence-corrected chi connectivity index (χ3v) is 4.23. The first-order chi connectivity index (χ1) is 13.5. The Hall–Kier alpha value is -3.39. The predicted molar refractivity (Wildman–Crippen MR) is 110 cm³/mol. The minimum absolute atomic E-state index is 0.256. The van der Waals surface area contributed by atoms with E-state index in [4.69, 9.17) is 21.7 Å². The van der Waals surface area contributed by atoms with Gasteiger partial charge in [-0.2, -0.15) is 4.98 Å². The maximum atomic E-state index is 12.7. The minimum Gasteiger partial charge on any atom is -0.493 e. The topological polar surface area (TPSA) is 92.0 Å². The van der Waals surface area contributed by atoms with Crippen molar-refractivity contribution < 1.29 is 14.3 Å². The number of nitrogens with zero attached hydrogens (tertiary/aromatic N) is 1. The number of rotatable bonds is 6. The van der Waals surface area contributed by atoms with Crippen LogP contribution in [0.3, 0.4) is 0 Å². The molecule has 1 heterocycles. The number of amides is 1. The average molecular weight is 396 g/mol. The van der Waals surface area contributed by atoms with Crippen molar-refractivity contribution in [3.8, 4) is 11.5 Å². The molecular weight excluding hydrogens is 376 g/mol. The molecule has 8 heteroatoms. The molecule has 1 aromatic heterocycles. The van der Waals surface area contributed by atoms with Gasteiger partial charge in [-0.1, -0.05) is 23.8 Å². The lowest BCUT2D eigenvalue weighted by Crippen LogP contribution is -2.22. The standard InChI is InChI=1S/C20H20N4O3S/c1-12-4-7-14(8-5-12)19(25)21-15(18-22-20(28)24-23-18)10-13-6-9-16(26-2)17(11-13)27-3/h4-11H,1-3H3,(H,21,25)(H2,22,23,24,28). The molecule has 0 bridgehead atoms. The number of aromatic nitrogens is 3. The van der Waals surface area contributed by atoms with Crippen molar-refractivity contribution >= 4 is 29.9 Å². The van der Waals surface area contributed by atoms with Gasteiger partial charge in [-0.3, -0.25) is 15.0 Å². The molecule has 0 atom stereocenters. The predicted octanol–water partition coefficient (Wildman–Crippen LogP) is 3.72. The van der Waals surface area contributed by atoms with Crippen LogP contribution < -0.4 is 14.8 Å². The van der Waals surface area contributed by atoms with Gasteiger partial charge in [-0.05, 0) is 55.0 Å². The lowest BCUT2D eigenvalue weighted by Gasteiger charge is -2.10. The Morgan fingerprint density at radius 1 is 1.07 bits per heavy atom. The first-order valence-electron chi connectivity index (χ1n) is 8.47. The summed E-state index contributed by atoms with van der Waals surface area (Å²) >= 11 is 5.04. The van der Waals surface area contributed by atoms with Gasteiger partial charge >= 0.3 is 0 Å². The number of hydrogen-bond donors (Lipinski definition) is 3. The molecule has 0 aliphatic rings. The van der Waals surface area contributed by atoms with Gasteiger partial charge in [0.15, 0.2) is 17.3 Å². The fraction of sp³-hybridized carbons (Fsp3) is 0.150. The van der Waals surface area contributed by atoms with Crippen LogP contribution in [-0.4, -0.2) is 35.3 Å². The molecule has 0 aliphatic carbocycles. The molecule has 144 valence electrons. The summed E-state index contributed by atoms with van der Waals surface area (Å²) in [6.07, 6.45) is 1.77. The molecule has 0 fully saturated rings. The number of carbonyl (C=O) groups is 1. The molecule has 2 aromatic carbocycles. The van der Waals surface area contributed by atoms with E-state index in [9.17, 15) is 4.79 Å². The monoisotopic (exact) mass is 396 g/mol. The van der Waals surface area contributed by atoms with Gasteiger partial charge in [0.2, 0.25) is 4.77 Å². The summed E-state index contributed by atoms with van der Waals surface area (Å²) in [4.78, 5) is 16.9. The third-order valence-electron chi connectivity index (χ3n) is 4.04. The van der Waals surface area contributed by atoms with Crippen LogP contribution in [0, 0.1) is 11.7 Å². The minimum atomic E-state index is -0.256. The second kappa shape index (κ2) is 8.53. The average Bonchev–Trinajstić information content (AvgIpc) is 3.14. The first kappa shape index (κ1) is 19.4. The molecule has 0 saturated carbocycles. The van der Waals surface area contributed by atoms with Crippen LogP contribution >= 0.6 is 12.2 Å². The number of ether oxygens (including phenoxy) is 2. The highest BCUT2D eigenvalue weighted by molar-refractivity contribution is 7.71. The number of benzene rings is 2. The molecule has 0 unspecified atom stereocenters. The number of aromatic amines is 2. The normalized spacial score (nSPS) is 11.2. The zero-order chi connectivity index (χ0) is 20.1. The first-order valence-corrected chi connectivity index (χ1v) is 8.88. The van der Waals surface area contributed by atoms with Crippen LogP contribution in [0.5, 0.6) is 11.5 Å². The Labute approximate surface area is 167 Å². The van der Waals surface area contributed by atoms with Crippen LogP contribution in [0.4, 0.5) is 0 Å². The van der Waals surface area contributed by atoms with Gasteiger partial charge in [-0.25, -0.2) is 0 Å². The fourth-order valence-electron chi connectivity index (χ4n) is 2.57. The summed E-state index contributed by atoms with van der Waals surface area (Å²) < 4.78 is 10.9. The maximum absolute atomic E-state index is 12.7. The molecule has 1 amide bonds. The highest BCUT2D eigenvalue weighted by Crippen LogP contribution is 2.28. The highest BCUT2D eigenvalue weighted by atomic mass is 32.1. The summed E-state index contributed by atoms with van der Waals surface area (Å²) in [5, 5.41) is 8.49. The Bertz CT molecular complexity index is 1070. The number of nitrogens with one attached hydrogen (secondary N) is 3. The van der Waals surface area contributed by atoms with E-state index in [-0.39, 0.29) is 10.7 Å². The molecular formula is C20H20N4O3S. The van der Waals surface area contributed by atoms with E-state index in [0.29, 0.717) is 28.6 Å². The van der Waals surface area contributed by atoms with E-state index in [0.717, 1.165) is 11.1 Å². The molecule has 7 nitrogen and oxygen atoms in total. The molecule has 0 spiro atoms. The van der Waals surface area contributed by atoms with Crippen molar-refractivity contribution in [1.29, 1.82) is 0 Å². The van der Waals surface area contributed by atoms with Gasteiger partial charge in [0.1, 0.15) is 0 Å². The molecule has 0 saturated heterocycles. The molecule has 3 N–H and O–H groups in total. The van der Waals surface area contributed by atoms with Gasteiger partial charge in [0.05, 0.1) is 19.9 Å². The van der Waals surface area contributed by atoms with Gasteiger partial charge < -0.3 is 14.8 Å². The van der Waals surface area contributed by atoms with Crippen molar-refractivity contribution in [3.63, 3.8) is 0 Å². The summed E-state index contributed by atoms with van der Waals surface area (Å²) in [7, 11) is 3.14. The summed E-state index contributed by atoms with van der Waals surface area (Å²) in [6, 6.07) is 12.7. The number of carbonyl (C=O) groups excluding carboxylic acids is 1. The fourth-order valence-corrected chi connectivity index (χ4v) is 2.71. The molecule has 0 aliphatic heterocycles. The lowest BCUT2D eigenvalue weighted by molar-refractivity contribution is 0.0973. The third kappa shape index (κ3) is 4.47. The Balaban J connectivity index is 1.97. The van der Waals surface area contributed by atoms with Gasteiger partial charge in [-0.15, -0.1) is 0 Å². The van der Waals surface area contributed by atoms with Crippen molar-refractivity contribution in [2.24, 2.45) is 0 Å². The van der Waals surface area contributed by atoms with Crippen LogP contribution in [-0.2, 0) is 0 Å². The van der Waals surface area contributed by atoms with E-state index in [1.165, 1.54) is 0 Å². The van der Waals surface area contributed by atoms with Crippen molar-refractivity contribution in [2.45, 2.75) is 6.92 Å². The zero-order valence-corrected chi connectivity index (χ0v) is 16.5. The van der Waals surface area contributed by atoms with Crippen LogP contribution in [0.2, 0.25) is 0 Å². The van der Waals surface area contributed by atoms with E-state index in [1.54, 1.807) is 44.6 Å². The maximum Gasteiger partial charge on any atom is 0.255 e. The number of hydrogen-bond acceptors (Lipinski definition) is 5. The Morgan fingerprint density at radius 2 is 1.79 bits per heavy atom. The molecule has 28 heavy (non-hydrogen) atoms. The lowest BCUT2D eigenvalue weighted by atomic mass is 10.1. The second-order valence-electron chi connectivity index (χ2n) is 6.01. The van der Waals surface area contributed by atoms with E-state index >= 15 is 0 Å². The summed E-state index contributed by atoms with van der Waals surface area (Å²) in [6.45, 7) is 1.97. The molecule has 3 aromatic rings. The van der Waals surface area contributed by atoms with Crippen molar-refractivity contribution in [3.05, 3.63) is 69.8 Å².